The molecule has 0 saturated heterocycles. The first-order valence-electron chi connectivity index (χ1n) is 7.55. The van der Waals surface area contributed by atoms with Crippen molar-refractivity contribution in [3.63, 3.8) is 0 Å². The summed E-state index contributed by atoms with van der Waals surface area (Å²) in [5.74, 6) is 0.898. The third kappa shape index (κ3) is 5.51. The number of aliphatic imine (C=N–C) groups is 1. The zero-order chi connectivity index (χ0) is 14.8. The van der Waals surface area contributed by atoms with Crippen LogP contribution in [0.3, 0.4) is 0 Å². The molecule has 0 aliphatic rings. The zero-order valence-corrected chi connectivity index (χ0v) is 13.2. The monoisotopic (exact) mass is 276 g/mol. The lowest BCUT2D eigenvalue weighted by molar-refractivity contribution is 0.792. The Morgan fingerprint density at radius 3 is 2.40 bits per heavy atom. The minimum Gasteiger partial charge on any atom is -0.370 e. The van der Waals surface area contributed by atoms with Crippen LogP contribution >= 0.6 is 0 Å². The van der Waals surface area contributed by atoms with Gasteiger partial charge in [-0.05, 0) is 45.4 Å². The van der Waals surface area contributed by atoms with Crippen LogP contribution in [0.5, 0.6) is 0 Å². The molecule has 0 bridgehead atoms. The van der Waals surface area contributed by atoms with Gasteiger partial charge in [0.05, 0.1) is 6.54 Å². The largest absolute Gasteiger partial charge is 0.370 e. The average Bonchev–Trinajstić information content (AvgIpc) is 2.44. The van der Waals surface area contributed by atoms with Crippen LogP contribution in [0.4, 0.5) is 5.69 Å². The Balaban J connectivity index is 2.58. The summed E-state index contributed by atoms with van der Waals surface area (Å²) in [5, 5.41) is 6.49. The van der Waals surface area contributed by atoms with Gasteiger partial charge in [-0.3, -0.25) is 4.99 Å². The maximum atomic E-state index is 4.59. The molecule has 112 valence electrons. The molecule has 0 aliphatic heterocycles. The van der Waals surface area contributed by atoms with Crippen molar-refractivity contribution in [2.45, 2.75) is 27.7 Å². The lowest BCUT2D eigenvalue weighted by Gasteiger charge is -2.22. The van der Waals surface area contributed by atoms with Crippen LogP contribution in [-0.2, 0) is 0 Å². The Hall–Kier alpha value is -1.71. The molecule has 1 aromatic carbocycles. The molecule has 0 heterocycles. The first-order valence-corrected chi connectivity index (χ1v) is 7.55. The van der Waals surface area contributed by atoms with Crippen molar-refractivity contribution in [1.82, 2.24) is 10.6 Å². The normalized spacial score (nSPS) is 10.0. The van der Waals surface area contributed by atoms with Gasteiger partial charge in [-0.25, -0.2) is 0 Å². The number of anilines is 1. The van der Waals surface area contributed by atoms with Crippen LogP contribution in [0.2, 0.25) is 0 Å². The Labute approximate surface area is 123 Å². The van der Waals surface area contributed by atoms with Gasteiger partial charge in [0.2, 0.25) is 0 Å². The second kappa shape index (κ2) is 9.23. The van der Waals surface area contributed by atoms with Gasteiger partial charge in [-0.15, -0.1) is 0 Å². The van der Waals surface area contributed by atoms with Crippen molar-refractivity contribution < 1.29 is 0 Å². The molecule has 0 spiro atoms. The van der Waals surface area contributed by atoms with Gasteiger partial charge in [-0.2, -0.15) is 0 Å². The number of guanidine groups is 1. The standard InChI is InChI=1S/C16H28N4/c1-5-17-16(18-6-2)19-11-12-20(7-3)15-10-8-9-14(4)13-15/h8-10,13H,5-7,11-12H2,1-4H3,(H2,17,18,19). The van der Waals surface area contributed by atoms with Gasteiger partial charge in [0, 0.05) is 31.9 Å². The van der Waals surface area contributed by atoms with E-state index in [2.05, 4.69) is 72.5 Å². The molecule has 0 unspecified atom stereocenters. The summed E-state index contributed by atoms with van der Waals surface area (Å²) in [6.45, 7) is 13.0. The fourth-order valence-electron chi connectivity index (χ4n) is 2.09. The quantitative estimate of drug-likeness (QED) is 0.593. The van der Waals surface area contributed by atoms with E-state index in [-0.39, 0.29) is 0 Å². The summed E-state index contributed by atoms with van der Waals surface area (Å²) >= 11 is 0. The Morgan fingerprint density at radius 2 is 1.85 bits per heavy atom. The lowest BCUT2D eigenvalue weighted by Crippen LogP contribution is -2.37. The van der Waals surface area contributed by atoms with E-state index >= 15 is 0 Å². The molecule has 4 heteroatoms. The van der Waals surface area contributed by atoms with E-state index in [1.54, 1.807) is 0 Å². The third-order valence-electron chi connectivity index (χ3n) is 3.08. The molecule has 1 aromatic rings. The number of nitrogens with one attached hydrogen (secondary N) is 2. The van der Waals surface area contributed by atoms with Crippen LogP contribution in [0.1, 0.15) is 26.3 Å². The van der Waals surface area contributed by atoms with E-state index in [4.69, 9.17) is 0 Å². The van der Waals surface area contributed by atoms with Crippen LogP contribution in [0, 0.1) is 6.92 Å². The van der Waals surface area contributed by atoms with Crippen molar-refractivity contribution >= 4 is 11.6 Å². The van der Waals surface area contributed by atoms with E-state index in [1.165, 1.54) is 11.3 Å². The molecule has 0 amide bonds. The second-order valence-corrected chi connectivity index (χ2v) is 4.71. The summed E-state index contributed by atoms with van der Waals surface area (Å²) in [4.78, 5) is 6.94. The maximum absolute atomic E-state index is 4.59. The molecule has 0 radical (unpaired) electrons. The number of hydrogen-bond donors (Lipinski definition) is 2. The van der Waals surface area contributed by atoms with E-state index in [0.717, 1.165) is 38.7 Å². The molecule has 2 N–H and O–H groups in total. The average molecular weight is 276 g/mol. The number of hydrogen-bond acceptors (Lipinski definition) is 2. The molecular formula is C16H28N4. The maximum Gasteiger partial charge on any atom is 0.191 e. The summed E-state index contributed by atoms with van der Waals surface area (Å²) in [7, 11) is 0. The van der Waals surface area contributed by atoms with Gasteiger partial charge in [0.15, 0.2) is 5.96 Å². The smallest absolute Gasteiger partial charge is 0.191 e. The Bertz CT molecular complexity index is 407. The highest BCUT2D eigenvalue weighted by molar-refractivity contribution is 5.79. The van der Waals surface area contributed by atoms with Crippen molar-refractivity contribution in [3.8, 4) is 0 Å². The first kappa shape index (κ1) is 16.3. The van der Waals surface area contributed by atoms with Crippen LogP contribution in [-0.4, -0.2) is 38.7 Å². The predicted molar refractivity (Wildman–Crippen MR) is 88.7 cm³/mol. The molecule has 20 heavy (non-hydrogen) atoms. The molecule has 0 aromatic heterocycles. The topological polar surface area (TPSA) is 39.7 Å². The van der Waals surface area contributed by atoms with E-state index < -0.39 is 0 Å². The Morgan fingerprint density at radius 1 is 1.15 bits per heavy atom. The molecule has 0 fully saturated rings. The van der Waals surface area contributed by atoms with E-state index in [0.29, 0.717) is 0 Å². The van der Waals surface area contributed by atoms with Gasteiger partial charge < -0.3 is 15.5 Å². The van der Waals surface area contributed by atoms with Crippen molar-refractivity contribution in [3.05, 3.63) is 29.8 Å². The fraction of sp³-hybridized carbons (Fsp3) is 0.562. The first-order chi connectivity index (χ1) is 9.71. The van der Waals surface area contributed by atoms with Gasteiger partial charge in [-0.1, -0.05) is 12.1 Å². The highest BCUT2D eigenvalue weighted by Gasteiger charge is 2.03. The number of aryl methyl sites for hydroxylation is 1. The number of benzene rings is 1. The number of rotatable bonds is 7. The minimum absolute atomic E-state index is 0.789. The van der Waals surface area contributed by atoms with Crippen LogP contribution in [0.15, 0.2) is 29.3 Å². The third-order valence-corrected chi connectivity index (χ3v) is 3.08. The highest BCUT2D eigenvalue weighted by Crippen LogP contribution is 2.15. The lowest BCUT2D eigenvalue weighted by atomic mass is 10.2. The summed E-state index contributed by atoms with van der Waals surface area (Å²) in [6, 6.07) is 8.63. The zero-order valence-electron chi connectivity index (χ0n) is 13.2. The summed E-state index contributed by atoms with van der Waals surface area (Å²) in [6.07, 6.45) is 0. The summed E-state index contributed by atoms with van der Waals surface area (Å²) in [5.41, 5.74) is 2.57. The van der Waals surface area contributed by atoms with Crippen LogP contribution in [0.25, 0.3) is 0 Å². The molecular weight excluding hydrogens is 248 g/mol. The van der Waals surface area contributed by atoms with Gasteiger partial charge in [0.1, 0.15) is 0 Å². The minimum atomic E-state index is 0.789. The highest BCUT2D eigenvalue weighted by atomic mass is 15.2. The van der Waals surface area contributed by atoms with Crippen molar-refractivity contribution in [1.29, 1.82) is 0 Å². The molecule has 4 nitrogen and oxygen atoms in total. The number of likely N-dealkylation sites (N-methyl/N-ethyl adjacent to an activating group) is 1. The molecule has 0 aliphatic carbocycles. The van der Waals surface area contributed by atoms with Crippen molar-refractivity contribution in [2.24, 2.45) is 4.99 Å². The van der Waals surface area contributed by atoms with Crippen molar-refractivity contribution in [2.75, 3.05) is 37.6 Å². The SMILES string of the molecule is CCNC(=NCCN(CC)c1cccc(C)c1)NCC. The van der Waals surface area contributed by atoms with E-state index in [9.17, 15) is 0 Å². The number of nitrogens with zero attached hydrogens (tertiary/aromatic N) is 2. The fourth-order valence-corrected chi connectivity index (χ4v) is 2.09. The van der Waals surface area contributed by atoms with E-state index in [1.807, 2.05) is 0 Å². The summed E-state index contributed by atoms with van der Waals surface area (Å²) < 4.78 is 0. The van der Waals surface area contributed by atoms with Gasteiger partial charge in [0.25, 0.3) is 0 Å². The van der Waals surface area contributed by atoms with Gasteiger partial charge >= 0.3 is 0 Å². The molecule has 1 rings (SSSR count). The second-order valence-electron chi connectivity index (χ2n) is 4.71. The molecule has 0 saturated carbocycles. The van der Waals surface area contributed by atoms with Crippen LogP contribution < -0.4 is 15.5 Å². The Kier molecular flexibility index (Phi) is 7.55. The molecule has 0 atom stereocenters. The predicted octanol–water partition coefficient (Wildman–Crippen LogP) is 2.40.